The first kappa shape index (κ1) is 24.0. The summed E-state index contributed by atoms with van der Waals surface area (Å²) in [5, 5.41) is 12.7. The molecule has 1 aliphatic rings. The number of aliphatic hydroxyl groups excluding tert-OH is 1. The maximum absolute atomic E-state index is 13.3. The zero-order valence-electron chi connectivity index (χ0n) is 18.2. The van der Waals surface area contributed by atoms with Gasteiger partial charge in [0.2, 0.25) is 0 Å². The molecule has 0 unspecified atom stereocenters. The van der Waals surface area contributed by atoms with Gasteiger partial charge in [-0.1, -0.05) is 13.0 Å². The maximum Gasteiger partial charge on any atom is 0.262 e. The topological polar surface area (TPSA) is 108 Å². The van der Waals surface area contributed by atoms with E-state index in [4.69, 9.17) is 4.74 Å². The highest BCUT2D eigenvalue weighted by molar-refractivity contribution is 7.92. The molecule has 1 heterocycles. The predicted octanol–water partition coefficient (Wildman–Crippen LogP) is 2.07. The molecular formula is C22H28FN3O5S. The molecular weight excluding hydrogens is 437 g/mol. The Balaban J connectivity index is 2.08. The number of benzene rings is 2. The number of anilines is 1. The first-order valence-electron chi connectivity index (χ1n) is 10.3. The number of rotatable bonds is 7. The minimum Gasteiger partial charge on any atom is -0.486 e. The van der Waals surface area contributed by atoms with Gasteiger partial charge in [-0.3, -0.25) is 9.52 Å². The lowest BCUT2D eigenvalue weighted by molar-refractivity contribution is 0.0417. The van der Waals surface area contributed by atoms with Crippen molar-refractivity contribution < 1.29 is 27.4 Å². The number of nitrogens with zero attached hydrogens (tertiary/aromatic N) is 1. The van der Waals surface area contributed by atoms with Crippen molar-refractivity contribution in [2.75, 3.05) is 31.5 Å². The zero-order valence-corrected chi connectivity index (χ0v) is 19.0. The number of carbonyl (C=O) groups is 1. The van der Waals surface area contributed by atoms with E-state index in [1.54, 1.807) is 31.0 Å². The van der Waals surface area contributed by atoms with E-state index < -0.39 is 21.9 Å². The molecule has 3 N–H and O–H groups in total. The van der Waals surface area contributed by atoms with Gasteiger partial charge in [-0.05, 0) is 50.4 Å². The van der Waals surface area contributed by atoms with Crippen molar-refractivity contribution >= 4 is 21.6 Å². The summed E-state index contributed by atoms with van der Waals surface area (Å²) in [7, 11) is -2.28. The number of aliphatic hydroxyl groups is 1. The SMILES string of the molecule is CNC[C@@H]1Oc2c(NS(=O)(=O)c3ccc(F)cc3)cccc2C(=O)N([C@@H](C)CO)C[C@@H]1C. The van der Waals surface area contributed by atoms with Gasteiger partial charge in [-0.2, -0.15) is 0 Å². The average Bonchev–Trinajstić information content (AvgIpc) is 2.76. The average molecular weight is 466 g/mol. The first-order chi connectivity index (χ1) is 15.2. The second kappa shape index (κ2) is 9.85. The number of amides is 1. The largest absolute Gasteiger partial charge is 0.486 e. The molecule has 0 aromatic heterocycles. The maximum atomic E-state index is 13.3. The van der Waals surface area contributed by atoms with Gasteiger partial charge in [0.15, 0.2) is 5.75 Å². The van der Waals surface area contributed by atoms with Gasteiger partial charge in [0.05, 0.1) is 28.8 Å². The second-order valence-corrected chi connectivity index (χ2v) is 9.60. The van der Waals surface area contributed by atoms with Crippen LogP contribution in [0.2, 0.25) is 0 Å². The van der Waals surface area contributed by atoms with Crippen LogP contribution in [0.5, 0.6) is 5.75 Å². The second-order valence-electron chi connectivity index (χ2n) is 7.92. The molecule has 0 aliphatic carbocycles. The molecule has 0 fully saturated rings. The molecule has 3 rings (SSSR count). The van der Waals surface area contributed by atoms with Crippen molar-refractivity contribution in [3.8, 4) is 5.75 Å². The summed E-state index contributed by atoms with van der Waals surface area (Å²) in [6.07, 6.45) is -0.364. The van der Waals surface area contributed by atoms with Crippen LogP contribution in [-0.2, 0) is 10.0 Å². The Morgan fingerprint density at radius 2 is 1.94 bits per heavy atom. The number of carbonyl (C=O) groups excluding carboxylic acids is 1. The van der Waals surface area contributed by atoms with Crippen LogP contribution >= 0.6 is 0 Å². The molecule has 32 heavy (non-hydrogen) atoms. The zero-order chi connectivity index (χ0) is 23.5. The number of likely N-dealkylation sites (N-methyl/N-ethyl adjacent to an activating group) is 1. The highest BCUT2D eigenvalue weighted by Gasteiger charge is 2.34. The van der Waals surface area contributed by atoms with Crippen molar-refractivity contribution in [2.24, 2.45) is 5.92 Å². The van der Waals surface area contributed by atoms with Crippen molar-refractivity contribution in [1.82, 2.24) is 10.2 Å². The molecule has 10 heteroatoms. The monoisotopic (exact) mass is 465 g/mol. The van der Waals surface area contributed by atoms with Gasteiger partial charge >= 0.3 is 0 Å². The Kier molecular flexibility index (Phi) is 7.37. The molecule has 174 valence electrons. The van der Waals surface area contributed by atoms with Crippen LogP contribution in [-0.4, -0.2) is 63.2 Å². The lowest BCUT2D eigenvalue weighted by Gasteiger charge is -2.37. The summed E-state index contributed by atoms with van der Waals surface area (Å²) >= 11 is 0. The predicted molar refractivity (Wildman–Crippen MR) is 119 cm³/mol. The summed E-state index contributed by atoms with van der Waals surface area (Å²) < 4.78 is 47.7. The van der Waals surface area contributed by atoms with E-state index in [-0.39, 0.29) is 46.4 Å². The molecule has 0 saturated carbocycles. The van der Waals surface area contributed by atoms with E-state index >= 15 is 0 Å². The third kappa shape index (κ3) is 5.03. The minimum absolute atomic E-state index is 0.102. The van der Waals surface area contributed by atoms with Gasteiger partial charge in [0, 0.05) is 19.0 Å². The molecule has 8 nitrogen and oxygen atoms in total. The number of para-hydroxylation sites is 1. The molecule has 1 amide bonds. The van der Waals surface area contributed by atoms with Gasteiger partial charge in [-0.25, -0.2) is 12.8 Å². The van der Waals surface area contributed by atoms with E-state index in [1.807, 2.05) is 6.92 Å². The van der Waals surface area contributed by atoms with Crippen LogP contribution in [0.15, 0.2) is 47.4 Å². The lowest BCUT2D eigenvalue weighted by atomic mass is 9.99. The Hall–Kier alpha value is -2.69. The van der Waals surface area contributed by atoms with E-state index in [0.717, 1.165) is 24.3 Å². The molecule has 2 aromatic rings. The van der Waals surface area contributed by atoms with Crippen LogP contribution in [0, 0.1) is 11.7 Å². The van der Waals surface area contributed by atoms with Crippen molar-refractivity contribution in [3.05, 3.63) is 53.8 Å². The van der Waals surface area contributed by atoms with Gasteiger partial charge in [-0.15, -0.1) is 0 Å². The number of halogens is 1. The number of sulfonamides is 1. The quantitative estimate of drug-likeness (QED) is 0.578. The van der Waals surface area contributed by atoms with Crippen LogP contribution in [0.25, 0.3) is 0 Å². The van der Waals surface area contributed by atoms with E-state index in [9.17, 15) is 22.7 Å². The summed E-state index contributed by atoms with van der Waals surface area (Å²) in [5.74, 6) is -0.899. The van der Waals surface area contributed by atoms with Crippen LogP contribution in [0.1, 0.15) is 24.2 Å². The Labute approximate surface area is 187 Å². The molecule has 3 atom stereocenters. The number of nitrogens with one attached hydrogen (secondary N) is 2. The highest BCUT2D eigenvalue weighted by Crippen LogP contribution is 2.35. The van der Waals surface area contributed by atoms with Gasteiger partial charge in [0.1, 0.15) is 11.9 Å². The summed E-state index contributed by atoms with van der Waals surface area (Å²) in [6, 6.07) is 8.65. The van der Waals surface area contributed by atoms with Crippen molar-refractivity contribution in [1.29, 1.82) is 0 Å². The van der Waals surface area contributed by atoms with Crippen molar-refractivity contribution in [2.45, 2.75) is 30.9 Å². The smallest absolute Gasteiger partial charge is 0.262 e. The minimum atomic E-state index is -4.06. The fourth-order valence-electron chi connectivity index (χ4n) is 3.59. The standard InChI is InChI=1S/C22H28FN3O5S/c1-14-12-26(15(2)13-27)22(28)18-5-4-6-19(21(18)31-20(14)11-24-3)25-32(29,30)17-9-7-16(23)8-10-17/h4-10,14-15,20,24-25,27H,11-13H2,1-3H3/t14-,15-,20-/m0/s1. The molecule has 0 spiro atoms. The fraction of sp³-hybridized carbons (Fsp3) is 0.409. The van der Waals surface area contributed by atoms with Crippen molar-refractivity contribution in [3.63, 3.8) is 0 Å². The van der Waals surface area contributed by atoms with Crippen LogP contribution in [0.4, 0.5) is 10.1 Å². The van der Waals surface area contributed by atoms with Crippen LogP contribution < -0.4 is 14.8 Å². The summed E-state index contributed by atoms with van der Waals surface area (Å²) in [6.45, 7) is 4.32. The first-order valence-corrected chi connectivity index (χ1v) is 11.8. The third-order valence-corrected chi connectivity index (χ3v) is 6.85. The summed E-state index contributed by atoms with van der Waals surface area (Å²) in [4.78, 5) is 14.8. The number of hydrogen-bond donors (Lipinski definition) is 3. The fourth-order valence-corrected chi connectivity index (χ4v) is 4.65. The molecule has 0 bridgehead atoms. The Morgan fingerprint density at radius 1 is 1.25 bits per heavy atom. The molecule has 0 radical (unpaired) electrons. The number of hydrogen-bond acceptors (Lipinski definition) is 6. The van der Waals surface area contributed by atoms with E-state index in [1.165, 1.54) is 6.07 Å². The molecule has 1 aliphatic heterocycles. The lowest BCUT2D eigenvalue weighted by Crippen LogP contribution is -2.49. The Bertz CT molecular complexity index is 1060. The van der Waals surface area contributed by atoms with Gasteiger partial charge in [0.25, 0.3) is 15.9 Å². The summed E-state index contributed by atoms with van der Waals surface area (Å²) in [5.41, 5.74) is 0.296. The highest BCUT2D eigenvalue weighted by atomic mass is 32.2. The normalized spacial score (nSPS) is 20.0. The van der Waals surface area contributed by atoms with Crippen LogP contribution in [0.3, 0.4) is 0 Å². The number of ether oxygens (including phenoxy) is 1. The van der Waals surface area contributed by atoms with E-state index in [2.05, 4.69) is 10.0 Å². The third-order valence-electron chi connectivity index (χ3n) is 5.46. The number of fused-ring (bicyclic) bond motifs is 1. The molecule has 0 saturated heterocycles. The molecule has 2 aromatic carbocycles. The Morgan fingerprint density at radius 3 is 2.56 bits per heavy atom. The van der Waals surface area contributed by atoms with Gasteiger partial charge < -0.3 is 20.1 Å². The van der Waals surface area contributed by atoms with E-state index in [0.29, 0.717) is 13.1 Å².